The molecule has 0 aromatic carbocycles. The summed E-state index contributed by atoms with van der Waals surface area (Å²) in [7, 11) is 1.38. The van der Waals surface area contributed by atoms with Gasteiger partial charge >= 0.3 is 5.97 Å². The maximum absolute atomic E-state index is 11.8. The van der Waals surface area contributed by atoms with Crippen LogP contribution in [-0.2, 0) is 11.2 Å². The lowest BCUT2D eigenvalue weighted by molar-refractivity contribution is 0.0592. The Balaban J connectivity index is 1.90. The van der Waals surface area contributed by atoms with E-state index in [0.29, 0.717) is 23.3 Å². The molecule has 2 aromatic heterocycles. The summed E-state index contributed by atoms with van der Waals surface area (Å²) in [5, 5.41) is 4.39. The Morgan fingerprint density at radius 2 is 2.37 bits per heavy atom. The SMILES string of the molecule is COC(=O)c1nn(-c2cnccn2)c2c1CC1C[C@H]21. The van der Waals surface area contributed by atoms with Crippen LogP contribution in [0, 0.1) is 5.92 Å². The average Bonchev–Trinajstić information content (AvgIpc) is 2.96. The fourth-order valence-corrected chi connectivity index (χ4v) is 2.95. The summed E-state index contributed by atoms with van der Waals surface area (Å²) in [6, 6.07) is 0. The van der Waals surface area contributed by atoms with E-state index in [9.17, 15) is 4.79 Å². The molecule has 19 heavy (non-hydrogen) atoms. The summed E-state index contributed by atoms with van der Waals surface area (Å²) in [5.74, 6) is 1.46. The second-order valence-electron chi connectivity index (χ2n) is 4.99. The summed E-state index contributed by atoms with van der Waals surface area (Å²) in [5.41, 5.74) is 2.57. The van der Waals surface area contributed by atoms with Crippen LogP contribution in [0.5, 0.6) is 0 Å². The first kappa shape index (κ1) is 10.7. The zero-order chi connectivity index (χ0) is 13.0. The number of carbonyl (C=O) groups excluding carboxylic acids is 1. The first-order chi connectivity index (χ1) is 9.29. The maximum atomic E-state index is 11.8. The van der Waals surface area contributed by atoms with Crippen LogP contribution in [0.4, 0.5) is 0 Å². The molecule has 0 aliphatic heterocycles. The van der Waals surface area contributed by atoms with Gasteiger partial charge in [0, 0.05) is 23.9 Å². The summed E-state index contributed by atoms with van der Waals surface area (Å²) in [6.07, 6.45) is 7.00. The molecule has 2 atom stereocenters. The number of nitrogens with zero attached hydrogens (tertiary/aromatic N) is 4. The molecule has 2 aliphatic rings. The van der Waals surface area contributed by atoms with Gasteiger partial charge in [-0.25, -0.2) is 14.5 Å². The monoisotopic (exact) mass is 256 g/mol. The Morgan fingerprint density at radius 1 is 1.47 bits per heavy atom. The molecule has 0 saturated heterocycles. The number of fused-ring (bicyclic) bond motifs is 3. The lowest BCUT2D eigenvalue weighted by Gasteiger charge is -2.03. The van der Waals surface area contributed by atoms with Crippen molar-refractivity contribution in [3.63, 3.8) is 0 Å². The lowest BCUT2D eigenvalue weighted by atomic mass is 10.1. The van der Waals surface area contributed by atoms with Crippen LogP contribution in [-0.4, -0.2) is 32.8 Å². The average molecular weight is 256 g/mol. The Bertz CT molecular complexity index is 665. The predicted octanol–water partition coefficient (Wildman–Crippen LogP) is 1.11. The van der Waals surface area contributed by atoms with E-state index in [1.807, 2.05) is 0 Å². The molecule has 1 unspecified atom stereocenters. The van der Waals surface area contributed by atoms with E-state index in [0.717, 1.165) is 17.7 Å². The highest BCUT2D eigenvalue weighted by molar-refractivity contribution is 5.89. The molecule has 96 valence electrons. The van der Waals surface area contributed by atoms with E-state index in [1.165, 1.54) is 13.5 Å². The number of hydrogen-bond donors (Lipinski definition) is 0. The Hall–Kier alpha value is -2.24. The molecule has 0 radical (unpaired) electrons. The van der Waals surface area contributed by atoms with Crippen molar-refractivity contribution in [3.05, 3.63) is 35.5 Å². The third kappa shape index (κ3) is 1.43. The minimum atomic E-state index is -0.375. The van der Waals surface area contributed by atoms with Crippen molar-refractivity contribution in [3.8, 4) is 5.82 Å². The summed E-state index contributed by atoms with van der Waals surface area (Å²) < 4.78 is 6.57. The molecule has 0 amide bonds. The molecular weight excluding hydrogens is 244 g/mol. The van der Waals surface area contributed by atoms with Crippen molar-refractivity contribution in [1.82, 2.24) is 19.7 Å². The van der Waals surface area contributed by atoms with Crippen LogP contribution in [0.25, 0.3) is 5.82 Å². The van der Waals surface area contributed by atoms with Gasteiger partial charge in [-0.2, -0.15) is 5.10 Å². The van der Waals surface area contributed by atoms with Crippen molar-refractivity contribution < 1.29 is 9.53 Å². The third-order valence-electron chi connectivity index (χ3n) is 3.91. The summed E-state index contributed by atoms with van der Waals surface area (Å²) in [4.78, 5) is 20.1. The molecule has 2 aliphatic carbocycles. The van der Waals surface area contributed by atoms with Gasteiger partial charge in [-0.15, -0.1) is 0 Å². The highest BCUT2D eigenvalue weighted by atomic mass is 16.5. The van der Waals surface area contributed by atoms with Crippen LogP contribution in [0.2, 0.25) is 0 Å². The minimum Gasteiger partial charge on any atom is -0.464 e. The highest BCUT2D eigenvalue weighted by Gasteiger charge is 2.50. The smallest absolute Gasteiger partial charge is 0.358 e. The molecule has 2 aromatic rings. The Labute approximate surface area is 109 Å². The van der Waals surface area contributed by atoms with Crippen LogP contribution in [0.15, 0.2) is 18.6 Å². The molecule has 0 bridgehead atoms. The largest absolute Gasteiger partial charge is 0.464 e. The standard InChI is InChI=1S/C13H12N4O2/c1-19-13(18)11-9-5-7-4-8(7)12(9)17(16-11)10-6-14-2-3-15-10/h2-3,6-8H,4-5H2,1H3/t7?,8-/m0/s1. The zero-order valence-corrected chi connectivity index (χ0v) is 10.4. The van der Waals surface area contributed by atoms with Crippen molar-refractivity contribution >= 4 is 5.97 Å². The van der Waals surface area contributed by atoms with Crippen LogP contribution in [0.3, 0.4) is 0 Å². The van der Waals surface area contributed by atoms with Crippen molar-refractivity contribution in [1.29, 1.82) is 0 Å². The lowest BCUT2D eigenvalue weighted by Crippen LogP contribution is -2.07. The Morgan fingerprint density at radius 3 is 3.11 bits per heavy atom. The number of methoxy groups -OCH3 is 1. The van der Waals surface area contributed by atoms with Gasteiger partial charge in [0.15, 0.2) is 11.5 Å². The van der Waals surface area contributed by atoms with Crippen molar-refractivity contribution in [2.75, 3.05) is 7.11 Å². The number of ether oxygens (including phenoxy) is 1. The molecule has 2 heterocycles. The molecular formula is C13H12N4O2. The first-order valence-corrected chi connectivity index (χ1v) is 6.26. The second-order valence-corrected chi connectivity index (χ2v) is 4.99. The number of hydrogen-bond acceptors (Lipinski definition) is 5. The van der Waals surface area contributed by atoms with E-state index in [1.54, 1.807) is 23.3 Å². The van der Waals surface area contributed by atoms with E-state index in [4.69, 9.17) is 4.74 Å². The number of esters is 1. The molecule has 1 fully saturated rings. The molecule has 6 heteroatoms. The molecule has 4 rings (SSSR count). The molecule has 6 nitrogen and oxygen atoms in total. The first-order valence-electron chi connectivity index (χ1n) is 6.26. The van der Waals surface area contributed by atoms with Gasteiger partial charge in [0.1, 0.15) is 0 Å². The normalized spacial score (nSPS) is 22.8. The number of aromatic nitrogens is 4. The summed E-state index contributed by atoms with van der Waals surface area (Å²) in [6.45, 7) is 0. The van der Waals surface area contributed by atoms with Crippen LogP contribution < -0.4 is 0 Å². The van der Waals surface area contributed by atoms with Gasteiger partial charge in [0.2, 0.25) is 0 Å². The van der Waals surface area contributed by atoms with Gasteiger partial charge in [-0.05, 0) is 18.8 Å². The van der Waals surface area contributed by atoms with Gasteiger partial charge in [-0.1, -0.05) is 0 Å². The predicted molar refractivity (Wildman–Crippen MR) is 65.0 cm³/mol. The Kier molecular flexibility index (Phi) is 2.04. The van der Waals surface area contributed by atoms with Crippen molar-refractivity contribution in [2.45, 2.75) is 18.8 Å². The number of rotatable bonds is 2. The second kappa shape index (κ2) is 3.63. The fraction of sp³-hybridized carbons (Fsp3) is 0.385. The minimum absolute atomic E-state index is 0.375. The van der Waals surface area contributed by atoms with E-state index < -0.39 is 0 Å². The van der Waals surface area contributed by atoms with Gasteiger partial charge < -0.3 is 4.74 Å². The van der Waals surface area contributed by atoms with Crippen molar-refractivity contribution in [2.24, 2.45) is 5.92 Å². The summed E-state index contributed by atoms with van der Waals surface area (Å²) >= 11 is 0. The molecule has 0 spiro atoms. The number of carbonyl (C=O) groups is 1. The van der Waals surface area contributed by atoms with Crippen LogP contribution >= 0.6 is 0 Å². The highest BCUT2D eigenvalue weighted by Crippen LogP contribution is 2.57. The van der Waals surface area contributed by atoms with Crippen LogP contribution in [0.1, 0.15) is 34.1 Å². The van der Waals surface area contributed by atoms with Gasteiger partial charge in [-0.3, -0.25) is 4.98 Å². The fourth-order valence-electron chi connectivity index (χ4n) is 2.95. The van der Waals surface area contributed by atoms with E-state index >= 15 is 0 Å². The molecule has 1 saturated carbocycles. The molecule has 0 N–H and O–H groups in total. The van der Waals surface area contributed by atoms with E-state index in [2.05, 4.69) is 15.1 Å². The van der Waals surface area contributed by atoms with Gasteiger partial charge in [0.25, 0.3) is 0 Å². The quantitative estimate of drug-likeness (QED) is 0.753. The maximum Gasteiger partial charge on any atom is 0.358 e. The van der Waals surface area contributed by atoms with Gasteiger partial charge in [0.05, 0.1) is 19.0 Å². The van der Waals surface area contributed by atoms with E-state index in [-0.39, 0.29) is 5.97 Å². The zero-order valence-electron chi connectivity index (χ0n) is 10.4. The topological polar surface area (TPSA) is 69.9 Å². The third-order valence-corrected chi connectivity index (χ3v) is 3.91.